The molecule has 0 aromatic rings. The van der Waals surface area contributed by atoms with Crippen LogP contribution in [0.1, 0.15) is 6.42 Å². The van der Waals surface area contributed by atoms with Gasteiger partial charge in [-0.1, -0.05) is 0 Å². The monoisotopic (exact) mass is 252 g/mol. The first-order valence-corrected chi connectivity index (χ1v) is 4.65. The molecule has 1 saturated heterocycles. The fourth-order valence-corrected chi connectivity index (χ4v) is 1.59. The molecule has 2 amide bonds. The number of alkyl halides is 3. The van der Waals surface area contributed by atoms with Gasteiger partial charge in [0.15, 0.2) is 0 Å². The number of amides is 2. The minimum absolute atomic E-state index is 0.167. The second-order valence-corrected chi connectivity index (χ2v) is 3.84. The van der Waals surface area contributed by atoms with E-state index < -0.39 is 30.6 Å². The van der Waals surface area contributed by atoms with E-state index >= 15 is 0 Å². The molecule has 5 nitrogen and oxygen atoms in total. The maximum absolute atomic E-state index is 12.6. The molecule has 8 heteroatoms. The van der Waals surface area contributed by atoms with Gasteiger partial charge in [-0.25, -0.2) is 9.69 Å². The van der Waals surface area contributed by atoms with Gasteiger partial charge >= 0.3 is 12.3 Å². The van der Waals surface area contributed by atoms with Crippen LogP contribution in [-0.4, -0.2) is 53.2 Å². The zero-order valence-electron chi connectivity index (χ0n) is 9.15. The lowest BCUT2D eigenvalue weighted by molar-refractivity contribution is -0.175. The van der Waals surface area contributed by atoms with Crippen molar-refractivity contribution in [2.75, 3.05) is 14.1 Å². The smallest absolute Gasteiger partial charge is 0.414 e. The van der Waals surface area contributed by atoms with Crippen molar-refractivity contribution in [2.45, 2.75) is 18.6 Å². The molecule has 96 valence electrons. The first-order valence-electron chi connectivity index (χ1n) is 4.65. The predicted octanol–water partition coefficient (Wildman–Crippen LogP) is 1.27. The highest BCUT2D eigenvalue weighted by Crippen LogP contribution is 2.35. The Morgan fingerprint density at radius 2 is 2.06 bits per heavy atom. The zero-order valence-corrected chi connectivity index (χ0v) is 9.15. The maximum atomic E-state index is 12.6. The van der Waals surface area contributed by atoms with Crippen molar-refractivity contribution in [2.24, 2.45) is 0 Å². The van der Waals surface area contributed by atoms with Crippen LogP contribution in [0.5, 0.6) is 0 Å². The minimum atomic E-state index is -4.75. The van der Waals surface area contributed by atoms with Gasteiger partial charge in [-0.05, 0) is 0 Å². The van der Waals surface area contributed by atoms with E-state index in [2.05, 4.69) is 0 Å². The largest absolute Gasteiger partial charge is 0.465 e. The van der Waals surface area contributed by atoms with Crippen molar-refractivity contribution >= 4 is 12.0 Å². The Hall–Kier alpha value is -1.73. The molecule has 0 bridgehead atoms. The van der Waals surface area contributed by atoms with Crippen molar-refractivity contribution < 1.29 is 27.9 Å². The molecule has 1 N–H and O–H groups in total. The summed E-state index contributed by atoms with van der Waals surface area (Å²) in [6.07, 6.45) is -6.09. The van der Waals surface area contributed by atoms with E-state index in [-0.39, 0.29) is 10.5 Å². The quantitative estimate of drug-likeness (QED) is 0.714. The van der Waals surface area contributed by atoms with Gasteiger partial charge in [-0.3, -0.25) is 4.79 Å². The van der Waals surface area contributed by atoms with Crippen LogP contribution >= 0.6 is 0 Å². The molecule has 0 spiro atoms. The molecule has 1 rings (SSSR count). The maximum Gasteiger partial charge on any atom is 0.414 e. The Morgan fingerprint density at radius 1 is 1.53 bits per heavy atom. The van der Waals surface area contributed by atoms with Crippen LogP contribution in [0.2, 0.25) is 0 Å². The van der Waals surface area contributed by atoms with E-state index in [4.69, 9.17) is 5.11 Å². The fourth-order valence-electron chi connectivity index (χ4n) is 1.59. The van der Waals surface area contributed by atoms with Crippen LogP contribution in [0, 0.1) is 0 Å². The van der Waals surface area contributed by atoms with Gasteiger partial charge in [-0.2, -0.15) is 13.2 Å². The molecule has 1 aliphatic rings. The third-order valence-electron chi connectivity index (χ3n) is 2.22. The summed E-state index contributed by atoms with van der Waals surface area (Å²) in [5, 5.41) is 8.63. The molecule has 1 atom stereocenters. The third-order valence-corrected chi connectivity index (χ3v) is 2.22. The Kier molecular flexibility index (Phi) is 3.35. The molecule has 0 aromatic carbocycles. The molecule has 0 aromatic heterocycles. The van der Waals surface area contributed by atoms with E-state index in [0.29, 0.717) is 0 Å². The van der Waals surface area contributed by atoms with E-state index in [9.17, 15) is 22.8 Å². The highest BCUT2D eigenvalue weighted by atomic mass is 19.4. The van der Waals surface area contributed by atoms with Gasteiger partial charge in [0.05, 0.1) is 0 Å². The lowest BCUT2D eigenvalue weighted by Gasteiger charge is -2.21. The van der Waals surface area contributed by atoms with Crippen LogP contribution in [-0.2, 0) is 4.79 Å². The summed E-state index contributed by atoms with van der Waals surface area (Å²) in [7, 11) is 3.07. The number of carbonyl (C=O) groups excluding carboxylic acids is 1. The van der Waals surface area contributed by atoms with Crippen LogP contribution in [0.25, 0.3) is 0 Å². The molecule has 0 unspecified atom stereocenters. The van der Waals surface area contributed by atoms with Gasteiger partial charge < -0.3 is 10.0 Å². The molecule has 1 heterocycles. The van der Waals surface area contributed by atoms with E-state index in [0.717, 1.165) is 0 Å². The van der Waals surface area contributed by atoms with Crippen LogP contribution in [0.4, 0.5) is 18.0 Å². The Labute approximate surface area is 95.1 Å². The Balaban J connectivity index is 3.10. The topological polar surface area (TPSA) is 60.9 Å². The number of hydrogen-bond donors (Lipinski definition) is 1. The third kappa shape index (κ3) is 2.69. The Morgan fingerprint density at radius 3 is 2.35 bits per heavy atom. The number of imide groups is 1. The first kappa shape index (κ1) is 13.3. The average molecular weight is 252 g/mol. The molecule has 0 aliphatic carbocycles. The van der Waals surface area contributed by atoms with Crippen molar-refractivity contribution in [3.8, 4) is 0 Å². The minimum Gasteiger partial charge on any atom is -0.465 e. The van der Waals surface area contributed by atoms with Gasteiger partial charge in [0.1, 0.15) is 6.04 Å². The predicted molar refractivity (Wildman–Crippen MR) is 51.1 cm³/mol. The van der Waals surface area contributed by atoms with Crippen LogP contribution in [0.3, 0.4) is 0 Å². The molecule has 17 heavy (non-hydrogen) atoms. The molecular weight excluding hydrogens is 241 g/mol. The zero-order chi connectivity index (χ0) is 13.4. The summed E-state index contributed by atoms with van der Waals surface area (Å²) >= 11 is 0. The SMILES string of the molecule is CN(C)/C=C1/C[C@@H](C(F)(F)F)N(C(=O)O)C1=O. The van der Waals surface area contributed by atoms with Crippen molar-refractivity contribution in [1.29, 1.82) is 0 Å². The van der Waals surface area contributed by atoms with Crippen molar-refractivity contribution in [3.05, 3.63) is 11.8 Å². The van der Waals surface area contributed by atoms with Gasteiger partial charge in [-0.15, -0.1) is 0 Å². The summed E-state index contributed by atoms with van der Waals surface area (Å²) in [6.45, 7) is 0. The number of nitrogens with zero attached hydrogens (tertiary/aromatic N) is 2. The summed E-state index contributed by atoms with van der Waals surface area (Å²) in [4.78, 5) is 23.4. The second kappa shape index (κ2) is 4.27. The second-order valence-electron chi connectivity index (χ2n) is 3.84. The molecule has 1 fully saturated rings. The number of carboxylic acid groups (broad SMARTS) is 1. The summed E-state index contributed by atoms with van der Waals surface area (Å²) in [5.74, 6) is -1.12. The van der Waals surface area contributed by atoms with Gasteiger partial charge in [0.25, 0.3) is 5.91 Å². The summed E-state index contributed by atoms with van der Waals surface area (Å²) in [5.41, 5.74) is -0.167. The summed E-state index contributed by atoms with van der Waals surface area (Å²) in [6, 6.07) is -2.29. The summed E-state index contributed by atoms with van der Waals surface area (Å²) < 4.78 is 37.7. The lowest BCUT2D eigenvalue weighted by atomic mass is 10.1. The van der Waals surface area contributed by atoms with Crippen LogP contribution < -0.4 is 0 Å². The molecular formula is C9H11F3N2O3. The first-order chi connectivity index (χ1) is 7.64. The fraction of sp³-hybridized carbons (Fsp3) is 0.556. The number of hydrogen-bond acceptors (Lipinski definition) is 3. The number of carbonyl (C=O) groups is 2. The van der Waals surface area contributed by atoms with Gasteiger partial charge in [0.2, 0.25) is 0 Å². The van der Waals surface area contributed by atoms with Crippen molar-refractivity contribution in [1.82, 2.24) is 9.80 Å². The van der Waals surface area contributed by atoms with Crippen LogP contribution in [0.15, 0.2) is 11.8 Å². The highest BCUT2D eigenvalue weighted by molar-refractivity contribution is 6.04. The number of halogens is 3. The number of rotatable bonds is 1. The molecule has 0 saturated carbocycles. The lowest BCUT2D eigenvalue weighted by Crippen LogP contribution is -2.45. The highest BCUT2D eigenvalue weighted by Gasteiger charge is 2.53. The van der Waals surface area contributed by atoms with E-state index in [1.165, 1.54) is 25.2 Å². The number of likely N-dealkylation sites (tertiary alicyclic amines) is 1. The normalized spacial score (nSPS) is 23.4. The molecule has 0 radical (unpaired) electrons. The van der Waals surface area contributed by atoms with Gasteiger partial charge in [0, 0.05) is 32.3 Å². The van der Waals surface area contributed by atoms with E-state index in [1.807, 2.05) is 0 Å². The molecule has 1 aliphatic heterocycles. The standard InChI is InChI=1S/C9H11F3N2O3/c1-13(2)4-5-3-6(9(10,11)12)14(7(5)15)8(16)17/h4,6H,3H2,1-2H3,(H,16,17)/b5-4-/t6-/m0/s1. The van der Waals surface area contributed by atoms with E-state index in [1.54, 1.807) is 0 Å². The average Bonchev–Trinajstić information content (AvgIpc) is 2.42. The van der Waals surface area contributed by atoms with Crippen molar-refractivity contribution in [3.63, 3.8) is 0 Å². The Bertz CT molecular complexity index is 376.